The van der Waals surface area contributed by atoms with Crippen LogP contribution in [0.1, 0.15) is 0 Å². The number of piperazine rings is 2. The van der Waals surface area contributed by atoms with Crippen LogP contribution in [0.25, 0.3) is 0 Å². The minimum absolute atomic E-state index is 0.0464. The highest BCUT2D eigenvalue weighted by Crippen LogP contribution is 2.24. The van der Waals surface area contributed by atoms with Crippen LogP contribution in [-0.2, 0) is 0 Å². The summed E-state index contributed by atoms with van der Waals surface area (Å²) in [6.07, 6.45) is 6.64. The number of rotatable bonds is 8. The van der Waals surface area contributed by atoms with E-state index < -0.39 is 11.6 Å². The largest absolute Gasteiger partial charge is 0.397 e. The second-order valence-electron chi connectivity index (χ2n) is 13.5. The number of halogens is 5. The number of likely N-dealkylation sites (N-methyl/N-ethyl adjacent to an activating group) is 2. The lowest BCUT2D eigenvalue weighted by molar-refractivity contribution is 0.312. The molecule has 14 nitrogen and oxygen atoms in total. The Hall–Kier alpha value is -5.65. The number of aromatic nitrogens is 6. The molecule has 59 heavy (non-hydrogen) atoms. The number of benzene rings is 2. The van der Waals surface area contributed by atoms with Crippen LogP contribution in [-0.4, -0.2) is 106 Å². The molecule has 308 valence electrons. The highest BCUT2D eigenvalue weighted by molar-refractivity contribution is 6.31. The molecule has 2 aliphatic heterocycles. The van der Waals surface area contributed by atoms with Gasteiger partial charge in [-0.2, -0.15) is 4.98 Å². The molecule has 5 N–H and O–H groups in total. The fourth-order valence-corrected chi connectivity index (χ4v) is 6.28. The number of anilines is 9. The Labute approximate surface area is 356 Å². The monoisotopic (exact) mass is 862 g/mol. The van der Waals surface area contributed by atoms with Crippen molar-refractivity contribution in [2.75, 3.05) is 97.9 Å². The summed E-state index contributed by atoms with van der Waals surface area (Å²) in [5, 5.41) is 9.40. The molecule has 4 aromatic heterocycles. The number of pyridine rings is 2. The van der Waals surface area contributed by atoms with Crippen molar-refractivity contribution in [2.45, 2.75) is 0 Å². The number of nitrogens with zero attached hydrogens (tertiary/aromatic N) is 10. The Bertz CT molecular complexity index is 2260. The summed E-state index contributed by atoms with van der Waals surface area (Å²) in [4.78, 5) is 34.4. The molecule has 8 rings (SSSR count). The van der Waals surface area contributed by atoms with Crippen molar-refractivity contribution in [1.82, 2.24) is 39.7 Å². The molecule has 6 heterocycles. The van der Waals surface area contributed by atoms with Crippen molar-refractivity contribution in [3.8, 4) is 0 Å². The van der Waals surface area contributed by atoms with E-state index in [0.717, 1.165) is 75.4 Å². The minimum atomic E-state index is -0.465. The first kappa shape index (κ1) is 42.9. The number of nitrogen functional groups attached to an aromatic ring is 1. The van der Waals surface area contributed by atoms with Gasteiger partial charge in [0.15, 0.2) is 0 Å². The van der Waals surface area contributed by atoms with E-state index in [-0.39, 0.29) is 15.3 Å². The molecule has 0 unspecified atom stereocenters. The molecule has 0 amide bonds. The first-order valence-corrected chi connectivity index (χ1v) is 19.7. The third kappa shape index (κ3) is 13.2. The predicted octanol–water partition coefficient (Wildman–Crippen LogP) is 7.98. The smallest absolute Gasteiger partial charge is 0.229 e. The van der Waals surface area contributed by atoms with Crippen LogP contribution >= 0.6 is 34.8 Å². The van der Waals surface area contributed by atoms with Gasteiger partial charge >= 0.3 is 0 Å². The summed E-state index contributed by atoms with van der Waals surface area (Å²) >= 11 is 17.1. The van der Waals surface area contributed by atoms with Gasteiger partial charge in [-0.15, -0.1) is 0 Å². The van der Waals surface area contributed by atoms with Crippen LogP contribution in [0.4, 0.5) is 60.8 Å². The van der Waals surface area contributed by atoms with Gasteiger partial charge in [0, 0.05) is 76.1 Å². The predicted molar refractivity (Wildman–Crippen MR) is 234 cm³/mol. The van der Waals surface area contributed by atoms with Crippen LogP contribution in [0.5, 0.6) is 0 Å². The van der Waals surface area contributed by atoms with Crippen molar-refractivity contribution in [1.29, 1.82) is 0 Å². The molecule has 0 saturated carbocycles. The Kier molecular flexibility index (Phi) is 15.2. The molecule has 0 aliphatic carbocycles. The zero-order valence-electron chi connectivity index (χ0n) is 32.3. The third-order valence-electron chi connectivity index (χ3n) is 9.10. The fourth-order valence-electron chi connectivity index (χ4n) is 5.77. The summed E-state index contributed by atoms with van der Waals surface area (Å²) in [5.74, 6) is 2.58. The third-order valence-corrected chi connectivity index (χ3v) is 9.86. The topological polar surface area (TPSA) is 152 Å². The van der Waals surface area contributed by atoms with Crippen LogP contribution in [0, 0.1) is 11.6 Å². The first-order chi connectivity index (χ1) is 28.5. The molecule has 0 bridgehead atoms. The van der Waals surface area contributed by atoms with Crippen molar-refractivity contribution in [3.05, 3.63) is 125 Å². The van der Waals surface area contributed by atoms with Gasteiger partial charge in [0.05, 0.1) is 33.8 Å². The average molecular weight is 864 g/mol. The Morgan fingerprint density at radius 2 is 1.03 bits per heavy atom. The maximum absolute atomic E-state index is 13.3. The van der Waals surface area contributed by atoms with Crippen LogP contribution in [0.2, 0.25) is 15.3 Å². The van der Waals surface area contributed by atoms with Gasteiger partial charge in [-0.1, -0.05) is 23.2 Å². The standard InChI is InChI=1S/C20H21ClFN7.C10H6Cl2FN3.C10H16N4/c1-28-8-10-29(11-9-28)19-5-3-15(13-24-19)26-20-23-7-6-18(27-20)25-14-2-4-17(22)16(21)12-14;11-7-5-6(1-2-8(7)13)15-9-3-4-14-10(12)16-9;1-13-4-6-14(7-5-13)10-3-2-9(11)8-12-10/h2-7,12-13H,8-11H2,1H3,(H2,23,25,26,27);1-5H,(H,14,15,16);2-3,8H,4-7,11H2,1H3. The normalized spacial score (nSPS) is 14.4. The Morgan fingerprint density at radius 1 is 0.542 bits per heavy atom. The first-order valence-electron chi connectivity index (χ1n) is 18.5. The van der Waals surface area contributed by atoms with Crippen molar-refractivity contribution in [2.24, 2.45) is 0 Å². The van der Waals surface area contributed by atoms with Gasteiger partial charge < -0.3 is 41.3 Å². The molecule has 2 fully saturated rings. The highest BCUT2D eigenvalue weighted by Gasteiger charge is 2.16. The van der Waals surface area contributed by atoms with Gasteiger partial charge in [0.2, 0.25) is 11.2 Å². The molecule has 2 aromatic carbocycles. The van der Waals surface area contributed by atoms with Gasteiger partial charge in [-0.25, -0.2) is 33.7 Å². The molecule has 0 atom stereocenters. The van der Waals surface area contributed by atoms with E-state index in [1.165, 1.54) is 30.5 Å². The number of hydrogen-bond donors (Lipinski definition) is 4. The quantitative estimate of drug-likeness (QED) is 0.109. The lowest BCUT2D eigenvalue weighted by atomic mass is 10.3. The summed E-state index contributed by atoms with van der Waals surface area (Å²) in [5.41, 5.74) is 8.37. The number of nitrogens with two attached hydrogens (primary N) is 1. The van der Waals surface area contributed by atoms with Gasteiger partial charge in [0.1, 0.15) is 34.9 Å². The highest BCUT2D eigenvalue weighted by atomic mass is 35.5. The van der Waals surface area contributed by atoms with E-state index in [0.29, 0.717) is 29.0 Å². The van der Waals surface area contributed by atoms with Crippen molar-refractivity contribution < 1.29 is 8.78 Å². The molecular weight excluding hydrogens is 821 g/mol. The summed E-state index contributed by atoms with van der Waals surface area (Å²) in [6.45, 7) is 8.32. The maximum Gasteiger partial charge on any atom is 0.229 e. The zero-order chi connectivity index (χ0) is 41.7. The molecule has 6 aromatic rings. The van der Waals surface area contributed by atoms with E-state index >= 15 is 0 Å². The summed E-state index contributed by atoms with van der Waals surface area (Å²) in [7, 11) is 4.28. The van der Waals surface area contributed by atoms with Gasteiger partial charge in [-0.3, -0.25) is 0 Å². The second-order valence-corrected chi connectivity index (χ2v) is 14.7. The molecule has 19 heteroatoms. The fraction of sp³-hybridized carbons (Fsp3) is 0.250. The van der Waals surface area contributed by atoms with Crippen molar-refractivity contribution >= 4 is 86.8 Å². The summed E-state index contributed by atoms with van der Waals surface area (Å²) in [6, 6.07) is 19.9. The van der Waals surface area contributed by atoms with E-state index in [1.807, 2.05) is 24.3 Å². The van der Waals surface area contributed by atoms with E-state index in [4.69, 9.17) is 40.5 Å². The lowest BCUT2D eigenvalue weighted by Gasteiger charge is -2.33. The van der Waals surface area contributed by atoms with Crippen LogP contribution in [0.15, 0.2) is 97.6 Å². The SMILES string of the molecule is CN1CCN(c2ccc(N)cn2)CC1.CN1CCN(c2ccc(Nc3nccc(Nc4ccc(F)c(Cl)c4)n3)cn2)CC1.Fc1ccc(Nc2ccnc(Cl)n2)cc1Cl. The summed E-state index contributed by atoms with van der Waals surface area (Å²) < 4.78 is 26.2. The number of nitrogens with one attached hydrogen (secondary N) is 3. The van der Waals surface area contributed by atoms with E-state index in [9.17, 15) is 8.78 Å². The Balaban J connectivity index is 0.000000164. The molecule has 2 aliphatic rings. The molecular formula is C40H43Cl3F2N14. The Morgan fingerprint density at radius 3 is 1.51 bits per heavy atom. The van der Waals surface area contributed by atoms with Crippen LogP contribution < -0.4 is 31.5 Å². The molecule has 0 spiro atoms. The maximum atomic E-state index is 13.3. The zero-order valence-corrected chi connectivity index (χ0v) is 34.6. The molecule has 0 radical (unpaired) electrons. The lowest BCUT2D eigenvalue weighted by Crippen LogP contribution is -2.44. The van der Waals surface area contributed by atoms with Crippen LogP contribution in [0.3, 0.4) is 0 Å². The molecule has 2 saturated heterocycles. The van der Waals surface area contributed by atoms with E-state index in [1.54, 1.807) is 42.9 Å². The van der Waals surface area contributed by atoms with Gasteiger partial charge in [-0.05, 0) is 98.5 Å². The average Bonchev–Trinajstić information content (AvgIpc) is 3.23. The van der Waals surface area contributed by atoms with E-state index in [2.05, 4.69) is 79.5 Å². The van der Waals surface area contributed by atoms with Crippen molar-refractivity contribution in [3.63, 3.8) is 0 Å². The minimum Gasteiger partial charge on any atom is -0.397 e. The van der Waals surface area contributed by atoms with Gasteiger partial charge in [0.25, 0.3) is 0 Å². The second kappa shape index (κ2) is 20.9. The number of hydrogen-bond acceptors (Lipinski definition) is 14.